The van der Waals surface area contributed by atoms with Crippen molar-refractivity contribution >= 4 is 5.97 Å². The van der Waals surface area contributed by atoms with Gasteiger partial charge in [0, 0.05) is 0 Å². The Morgan fingerprint density at radius 1 is 1.50 bits per heavy atom. The SMILES string of the molecule is CC1=COC(=O)[C@@H]2[C@H](C)CC[C@@H]12. The lowest BCUT2D eigenvalue weighted by atomic mass is 9.85. The van der Waals surface area contributed by atoms with Gasteiger partial charge in [-0.3, -0.25) is 4.79 Å². The van der Waals surface area contributed by atoms with Crippen LogP contribution in [0.2, 0.25) is 0 Å². The van der Waals surface area contributed by atoms with E-state index in [9.17, 15) is 4.79 Å². The van der Waals surface area contributed by atoms with Gasteiger partial charge in [0.15, 0.2) is 0 Å². The van der Waals surface area contributed by atoms with Gasteiger partial charge in [0.2, 0.25) is 0 Å². The largest absolute Gasteiger partial charge is 0.434 e. The molecule has 0 aromatic carbocycles. The molecule has 1 fully saturated rings. The molecule has 1 heterocycles. The Morgan fingerprint density at radius 2 is 2.25 bits per heavy atom. The van der Waals surface area contributed by atoms with Crippen molar-refractivity contribution in [3.8, 4) is 0 Å². The number of cyclic esters (lactones) is 1. The molecule has 1 aliphatic heterocycles. The van der Waals surface area contributed by atoms with Crippen molar-refractivity contribution in [1.29, 1.82) is 0 Å². The topological polar surface area (TPSA) is 26.3 Å². The van der Waals surface area contributed by atoms with Crippen molar-refractivity contribution in [3.63, 3.8) is 0 Å². The first kappa shape index (κ1) is 7.84. The maximum atomic E-state index is 11.4. The number of fused-ring (bicyclic) bond motifs is 1. The number of esters is 1. The summed E-state index contributed by atoms with van der Waals surface area (Å²) in [5.74, 6) is 1.11. The van der Waals surface area contributed by atoms with Crippen LogP contribution in [-0.2, 0) is 9.53 Å². The summed E-state index contributed by atoms with van der Waals surface area (Å²) in [6, 6.07) is 0. The van der Waals surface area contributed by atoms with Crippen molar-refractivity contribution in [2.75, 3.05) is 0 Å². The molecule has 0 radical (unpaired) electrons. The molecule has 1 aliphatic carbocycles. The molecule has 66 valence electrons. The van der Waals surface area contributed by atoms with E-state index in [0.29, 0.717) is 11.8 Å². The molecule has 0 aromatic rings. The molecular formula is C10H14O2. The molecule has 2 rings (SSSR count). The van der Waals surface area contributed by atoms with E-state index < -0.39 is 0 Å². The van der Waals surface area contributed by atoms with Gasteiger partial charge in [-0.15, -0.1) is 0 Å². The van der Waals surface area contributed by atoms with Crippen LogP contribution in [-0.4, -0.2) is 5.97 Å². The first-order valence-electron chi connectivity index (χ1n) is 4.57. The molecule has 1 saturated carbocycles. The molecule has 2 nitrogen and oxygen atoms in total. The third kappa shape index (κ3) is 0.977. The van der Waals surface area contributed by atoms with E-state index in [1.807, 2.05) is 0 Å². The summed E-state index contributed by atoms with van der Waals surface area (Å²) in [5.41, 5.74) is 1.24. The number of carbonyl (C=O) groups excluding carboxylic acids is 1. The van der Waals surface area contributed by atoms with Gasteiger partial charge in [0.1, 0.15) is 0 Å². The van der Waals surface area contributed by atoms with Crippen molar-refractivity contribution in [3.05, 3.63) is 11.8 Å². The summed E-state index contributed by atoms with van der Waals surface area (Å²) in [6.07, 6.45) is 3.94. The van der Waals surface area contributed by atoms with Gasteiger partial charge in [-0.05, 0) is 37.2 Å². The fraction of sp³-hybridized carbons (Fsp3) is 0.700. The molecule has 0 spiro atoms. The summed E-state index contributed by atoms with van der Waals surface area (Å²) in [6.45, 7) is 4.20. The molecule has 2 aliphatic rings. The van der Waals surface area contributed by atoms with E-state index in [-0.39, 0.29) is 11.9 Å². The number of rotatable bonds is 0. The average Bonchev–Trinajstić information content (AvgIpc) is 2.42. The molecule has 0 unspecified atom stereocenters. The van der Waals surface area contributed by atoms with E-state index in [0.717, 1.165) is 12.8 Å². The van der Waals surface area contributed by atoms with Gasteiger partial charge in [0.05, 0.1) is 12.2 Å². The van der Waals surface area contributed by atoms with E-state index >= 15 is 0 Å². The maximum Gasteiger partial charge on any atom is 0.314 e. The second-order valence-corrected chi connectivity index (χ2v) is 3.99. The Hall–Kier alpha value is -0.790. The highest BCUT2D eigenvalue weighted by atomic mass is 16.5. The standard InChI is InChI=1S/C10H14O2/c1-6-3-4-8-7(2)5-12-10(11)9(6)8/h5-6,8-9H,3-4H2,1-2H3/t6-,8+,9-/m1/s1. The van der Waals surface area contributed by atoms with Crippen molar-refractivity contribution in [1.82, 2.24) is 0 Å². The Bertz CT molecular complexity index is 242. The van der Waals surface area contributed by atoms with Gasteiger partial charge >= 0.3 is 5.97 Å². The van der Waals surface area contributed by atoms with Gasteiger partial charge in [-0.2, -0.15) is 0 Å². The zero-order valence-electron chi connectivity index (χ0n) is 7.54. The third-order valence-electron chi connectivity index (χ3n) is 3.20. The second kappa shape index (κ2) is 2.61. The third-order valence-corrected chi connectivity index (χ3v) is 3.20. The molecule has 0 aromatic heterocycles. The first-order valence-corrected chi connectivity index (χ1v) is 4.57. The fourth-order valence-electron chi connectivity index (χ4n) is 2.42. The molecule has 0 amide bonds. The second-order valence-electron chi connectivity index (χ2n) is 3.99. The molecular weight excluding hydrogens is 152 g/mol. The summed E-state index contributed by atoms with van der Waals surface area (Å²) in [4.78, 5) is 11.4. The van der Waals surface area contributed by atoms with Crippen LogP contribution >= 0.6 is 0 Å². The van der Waals surface area contributed by atoms with Crippen molar-refractivity contribution < 1.29 is 9.53 Å². The zero-order chi connectivity index (χ0) is 8.72. The minimum absolute atomic E-state index is 0.0180. The highest BCUT2D eigenvalue weighted by molar-refractivity contribution is 5.75. The van der Waals surface area contributed by atoms with Crippen molar-refractivity contribution in [2.24, 2.45) is 17.8 Å². The molecule has 3 atom stereocenters. The van der Waals surface area contributed by atoms with Gasteiger partial charge in [-0.25, -0.2) is 0 Å². The first-order chi connectivity index (χ1) is 5.70. The molecule has 0 saturated heterocycles. The van der Waals surface area contributed by atoms with Crippen molar-refractivity contribution in [2.45, 2.75) is 26.7 Å². The van der Waals surface area contributed by atoms with Gasteiger partial charge in [0.25, 0.3) is 0 Å². The quantitative estimate of drug-likeness (QED) is 0.515. The molecule has 0 bridgehead atoms. The van der Waals surface area contributed by atoms with Crippen LogP contribution in [0.15, 0.2) is 11.8 Å². The minimum atomic E-state index is -0.0180. The van der Waals surface area contributed by atoms with Gasteiger partial charge < -0.3 is 4.74 Å². The van der Waals surface area contributed by atoms with Crippen LogP contribution in [0.3, 0.4) is 0 Å². The highest BCUT2D eigenvalue weighted by Crippen LogP contribution is 2.43. The van der Waals surface area contributed by atoms with E-state index in [1.54, 1.807) is 6.26 Å². The van der Waals surface area contributed by atoms with Crippen LogP contribution < -0.4 is 0 Å². The Labute approximate surface area is 72.6 Å². The number of hydrogen-bond donors (Lipinski definition) is 0. The van der Waals surface area contributed by atoms with Crippen LogP contribution in [0.5, 0.6) is 0 Å². The van der Waals surface area contributed by atoms with Gasteiger partial charge in [-0.1, -0.05) is 6.92 Å². The number of hydrogen-bond acceptors (Lipinski definition) is 2. The van der Waals surface area contributed by atoms with Crippen LogP contribution in [0.4, 0.5) is 0 Å². The zero-order valence-corrected chi connectivity index (χ0v) is 7.54. The summed E-state index contributed by atoms with van der Waals surface area (Å²) < 4.78 is 4.97. The lowest BCUT2D eigenvalue weighted by molar-refractivity contribution is -0.146. The fourth-order valence-corrected chi connectivity index (χ4v) is 2.42. The normalized spacial score (nSPS) is 40.3. The van der Waals surface area contributed by atoms with Crippen LogP contribution in [0.1, 0.15) is 26.7 Å². The molecule has 2 heteroatoms. The lowest BCUT2D eigenvalue weighted by Gasteiger charge is -2.25. The Kier molecular flexibility index (Phi) is 1.71. The summed E-state index contributed by atoms with van der Waals surface area (Å²) >= 11 is 0. The summed E-state index contributed by atoms with van der Waals surface area (Å²) in [7, 11) is 0. The Balaban J connectivity index is 2.29. The van der Waals surface area contributed by atoms with E-state index in [1.165, 1.54) is 5.57 Å². The predicted molar refractivity (Wildman–Crippen MR) is 45.2 cm³/mol. The van der Waals surface area contributed by atoms with E-state index in [4.69, 9.17) is 4.74 Å². The lowest BCUT2D eigenvalue weighted by Crippen LogP contribution is -2.28. The molecule has 0 N–H and O–H groups in total. The number of carbonyl (C=O) groups is 1. The number of allylic oxidation sites excluding steroid dienone is 1. The van der Waals surface area contributed by atoms with E-state index in [2.05, 4.69) is 13.8 Å². The Morgan fingerprint density at radius 3 is 2.92 bits per heavy atom. The minimum Gasteiger partial charge on any atom is -0.434 e. The van der Waals surface area contributed by atoms with Crippen LogP contribution in [0, 0.1) is 17.8 Å². The maximum absolute atomic E-state index is 11.4. The molecule has 12 heavy (non-hydrogen) atoms. The average molecular weight is 166 g/mol. The smallest absolute Gasteiger partial charge is 0.314 e. The highest BCUT2D eigenvalue weighted by Gasteiger charge is 2.42. The summed E-state index contributed by atoms with van der Waals surface area (Å²) in [5, 5.41) is 0. The monoisotopic (exact) mass is 166 g/mol. The van der Waals surface area contributed by atoms with Crippen LogP contribution in [0.25, 0.3) is 0 Å². The predicted octanol–water partition coefficient (Wildman–Crippen LogP) is 2.11. The number of ether oxygens (including phenoxy) is 1.